The predicted molar refractivity (Wildman–Crippen MR) is 132 cm³/mol. The van der Waals surface area contributed by atoms with Crippen molar-refractivity contribution in [2.24, 2.45) is 0 Å². The maximum atomic E-state index is 13.7. The number of methoxy groups -OCH3 is 1. The summed E-state index contributed by atoms with van der Waals surface area (Å²) in [6.45, 7) is 3.27. The number of benzene rings is 2. The minimum absolute atomic E-state index is 0.0916. The van der Waals surface area contributed by atoms with Gasteiger partial charge in [-0.05, 0) is 36.1 Å². The summed E-state index contributed by atoms with van der Waals surface area (Å²) in [6.07, 6.45) is 2.91. The zero-order chi connectivity index (χ0) is 24.3. The van der Waals surface area contributed by atoms with Gasteiger partial charge < -0.3 is 14.1 Å². The van der Waals surface area contributed by atoms with Crippen LogP contribution in [-0.2, 0) is 22.6 Å². The molecule has 2 saturated heterocycles. The van der Waals surface area contributed by atoms with E-state index in [0.29, 0.717) is 26.0 Å². The van der Waals surface area contributed by atoms with Crippen molar-refractivity contribution in [1.29, 1.82) is 0 Å². The van der Waals surface area contributed by atoms with E-state index in [1.165, 1.54) is 10.5 Å². The zero-order valence-electron chi connectivity index (χ0n) is 20.1. The van der Waals surface area contributed by atoms with E-state index >= 15 is 0 Å². The number of carbonyl (C=O) groups excluding carboxylic acids is 2. The number of rotatable bonds is 8. The van der Waals surface area contributed by atoms with E-state index in [1.807, 2.05) is 54.6 Å². The summed E-state index contributed by atoms with van der Waals surface area (Å²) in [5.74, 6) is 0.764. The molecule has 0 radical (unpaired) electrons. The minimum Gasteiger partial charge on any atom is -0.464 e. The number of urea groups is 1. The molecule has 7 nitrogen and oxygen atoms in total. The first-order valence-corrected chi connectivity index (χ1v) is 12.1. The molecule has 1 aromatic heterocycles. The first-order valence-electron chi connectivity index (χ1n) is 12.1. The molecule has 0 saturated carbocycles. The van der Waals surface area contributed by atoms with E-state index in [2.05, 4.69) is 17.0 Å². The number of furan rings is 1. The topological polar surface area (TPSA) is 66.2 Å². The lowest BCUT2D eigenvalue weighted by Gasteiger charge is -2.42. The SMILES string of the molecule is COCCN1C(=O)N(Cc2ccccc2)C2(CCN(Cc3ccccc3-c3ccco3)CC2)C1=O. The Hall–Kier alpha value is -3.42. The van der Waals surface area contributed by atoms with Gasteiger partial charge >= 0.3 is 6.03 Å². The van der Waals surface area contributed by atoms with Crippen molar-refractivity contribution in [2.75, 3.05) is 33.4 Å². The molecule has 1 spiro atoms. The molecular formula is C28H31N3O4. The molecule has 5 rings (SSSR count). The van der Waals surface area contributed by atoms with Crippen LogP contribution in [0.15, 0.2) is 77.4 Å². The van der Waals surface area contributed by atoms with Gasteiger partial charge in [-0.2, -0.15) is 0 Å². The summed E-state index contributed by atoms with van der Waals surface area (Å²) in [5, 5.41) is 0. The van der Waals surface area contributed by atoms with E-state index in [0.717, 1.165) is 36.5 Å². The van der Waals surface area contributed by atoms with Crippen molar-refractivity contribution >= 4 is 11.9 Å². The Labute approximate surface area is 205 Å². The highest BCUT2D eigenvalue weighted by molar-refractivity contribution is 6.07. The minimum atomic E-state index is -0.808. The number of likely N-dealkylation sites (tertiary alicyclic amines) is 1. The number of hydrogen-bond donors (Lipinski definition) is 0. The second kappa shape index (κ2) is 10.1. The van der Waals surface area contributed by atoms with Crippen LogP contribution in [0.2, 0.25) is 0 Å². The van der Waals surface area contributed by atoms with Crippen LogP contribution >= 0.6 is 0 Å². The molecule has 3 aromatic rings. The van der Waals surface area contributed by atoms with Crippen LogP contribution in [0, 0.1) is 0 Å². The lowest BCUT2D eigenvalue weighted by molar-refractivity contribution is -0.136. The van der Waals surface area contributed by atoms with Gasteiger partial charge in [0.2, 0.25) is 0 Å². The maximum Gasteiger partial charge on any atom is 0.328 e. The van der Waals surface area contributed by atoms with Crippen LogP contribution < -0.4 is 0 Å². The third-order valence-electron chi connectivity index (χ3n) is 7.21. The first-order chi connectivity index (χ1) is 17.1. The van der Waals surface area contributed by atoms with E-state index in [9.17, 15) is 9.59 Å². The van der Waals surface area contributed by atoms with E-state index < -0.39 is 5.54 Å². The molecular weight excluding hydrogens is 442 g/mol. The fraction of sp³-hybridized carbons (Fsp3) is 0.357. The molecule has 0 bridgehead atoms. The highest BCUT2D eigenvalue weighted by Crippen LogP contribution is 2.39. The van der Waals surface area contributed by atoms with Gasteiger partial charge in [-0.25, -0.2) is 4.79 Å². The first kappa shape index (κ1) is 23.3. The van der Waals surface area contributed by atoms with Gasteiger partial charge in [-0.1, -0.05) is 54.6 Å². The van der Waals surface area contributed by atoms with E-state index in [1.54, 1.807) is 18.3 Å². The summed E-state index contributed by atoms with van der Waals surface area (Å²) in [5.41, 5.74) is 2.49. The van der Waals surface area contributed by atoms with E-state index in [-0.39, 0.29) is 18.5 Å². The Kier molecular flexibility index (Phi) is 6.70. The lowest BCUT2D eigenvalue weighted by atomic mass is 9.85. The number of nitrogens with zero attached hydrogens (tertiary/aromatic N) is 3. The van der Waals surface area contributed by atoms with Crippen LogP contribution in [0.5, 0.6) is 0 Å². The standard InChI is InChI=1S/C28H31N3O4/c1-34-19-17-30-26(32)28(31(27(30)33)20-22-8-3-2-4-9-22)13-15-29(16-14-28)21-23-10-5-6-11-24(23)25-12-7-18-35-25/h2-12,18H,13-17,19-21H2,1H3. The summed E-state index contributed by atoms with van der Waals surface area (Å²) >= 11 is 0. The molecule has 0 atom stereocenters. The zero-order valence-corrected chi connectivity index (χ0v) is 20.1. The normalized spacial score (nSPS) is 18.1. The highest BCUT2D eigenvalue weighted by Gasteiger charge is 2.57. The van der Waals surface area contributed by atoms with Crippen molar-refractivity contribution in [1.82, 2.24) is 14.7 Å². The number of ether oxygens (including phenoxy) is 1. The Morgan fingerprint density at radius 2 is 1.66 bits per heavy atom. The van der Waals surface area contributed by atoms with Crippen molar-refractivity contribution in [3.63, 3.8) is 0 Å². The summed E-state index contributed by atoms with van der Waals surface area (Å²) in [6, 6.07) is 21.8. The molecule has 0 N–H and O–H groups in total. The molecule has 0 aliphatic carbocycles. The molecule has 2 aromatic carbocycles. The number of amides is 3. The average molecular weight is 474 g/mol. The van der Waals surface area contributed by atoms with Crippen LogP contribution in [0.3, 0.4) is 0 Å². The molecule has 3 heterocycles. The molecule has 182 valence electrons. The largest absolute Gasteiger partial charge is 0.464 e. The maximum absolute atomic E-state index is 13.7. The molecule has 7 heteroatoms. The van der Waals surface area contributed by atoms with Crippen LogP contribution in [0.1, 0.15) is 24.0 Å². The number of imide groups is 1. The Morgan fingerprint density at radius 1 is 0.914 bits per heavy atom. The molecule has 0 unspecified atom stereocenters. The molecule has 2 fully saturated rings. The summed E-state index contributed by atoms with van der Waals surface area (Å²) in [7, 11) is 1.58. The van der Waals surface area contributed by atoms with Gasteiger partial charge in [0.05, 0.1) is 19.4 Å². The second-order valence-electron chi connectivity index (χ2n) is 9.25. The molecule has 3 amide bonds. The Bertz CT molecular complexity index is 1150. The molecule has 2 aliphatic heterocycles. The second-order valence-corrected chi connectivity index (χ2v) is 9.25. The predicted octanol–water partition coefficient (Wildman–Crippen LogP) is 4.39. The van der Waals surface area contributed by atoms with Crippen LogP contribution in [0.25, 0.3) is 11.3 Å². The van der Waals surface area contributed by atoms with Crippen molar-refractivity contribution in [3.8, 4) is 11.3 Å². The average Bonchev–Trinajstić information content (AvgIpc) is 3.49. The molecule has 35 heavy (non-hydrogen) atoms. The van der Waals surface area contributed by atoms with Gasteiger partial charge in [-0.3, -0.25) is 14.6 Å². The number of piperidine rings is 1. The van der Waals surface area contributed by atoms with Crippen molar-refractivity contribution in [3.05, 3.63) is 84.1 Å². The van der Waals surface area contributed by atoms with Crippen molar-refractivity contribution in [2.45, 2.75) is 31.5 Å². The van der Waals surface area contributed by atoms with Gasteiger partial charge in [0.1, 0.15) is 11.3 Å². The number of carbonyl (C=O) groups is 2. The van der Waals surface area contributed by atoms with Gasteiger partial charge in [0.25, 0.3) is 5.91 Å². The van der Waals surface area contributed by atoms with Gasteiger partial charge in [-0.15, -0.1) is 0 Å². The van der Waals surface area contributed by atoms with E-state index in [4.69, 9.17) is 9.15 Å². The fourth-order valence-corrected chi connectivity index (χ4v) is 5.28. The third kappa shape index (κ3) is 4.49. The Balaban J connectivity index is 1.35. The molecule has 2 aliphatic rings. The fourth-order valence-electron chi connectivity index (χ4n) is 5.28. The Morgan fingerprint density at radius 3 is 2.37 bits per heavy atom. The quantitative estimate of drug-likeness (QED) is 0.454. The lowest BCUT2D eigenvalue weighted by Crippen LogP contribution is -2.56. The van der Waals surface area contributed by atoms with Gasteiger partial charge in [0.15, 0.2) is 0 Å². The van der Waals surface area contributed by atoms with Crippen molar-refractivity contribution < 1.29 is 18.7 Å². The third-order valence-corrected chi connectivity index (χ3v) is 7.21. The summed E-state index contributed by atoms with van der Waals surface area (Å²) < 4.78 is 10.8. The van der Waals surface area contributed by atoms with Crippen LogP contribution in [-0.4, -0.2) is 65.5 Å². The highest BCUT2D eigenvalue weighted by atomic mass is 16.5. The van der Waals surface area contributed by atoms with Crippen LogP contribution in [0.4, 0.5) is 4.79 Å². The summed E-state index contributed by atoms with van der Waals surface area (Å²) in [4.78, 5) is 32.6. The number of hydrogen-bond acceptors (Lipinski definition) is 5. The van der Waals surface area contributed by atoms with Gasteiger partial charge in [0, 0.05) is 38.9 Å². The smallest absolute Gasteiger partial charge is 0.328 e. The monoisotopic (exact) mass is 473 g/mol.